The molecular weight excluding hydrogens is 252 g/mol. The van der Waals surface area contributed by atoms with Crippen molar-refractivity contribution in [2.24, 2.45) is 5.73 Å². The summed E-state index contributed by atoms with van der Waals surface area (Å²) in [7, 11) is 0. The van der Waals surface area contributed by atoms with Gasteiger partial charge in [0.05, 0.1) is 6.26 Å². The number of amides is 1. The lowest BCUT2D eigenvalue weighted by Gasteiger charge is -2.13. The van der Waals surface area contributed by atoms with Crippen molar-refractivity contribution in [2.45, 2.75) is 18.9 Å². The van der Waals surface area contributed by atoms with Crippen molar-refractivity contribution in [3.8, 4) is 0 Å². The average Bonchev–Trinajstić information content (AvgIpc) is 2.85. The van der Waals surface area contributed by atoms with E-state index >= 15 is 0 Å². The van der Waals surface area contributed by atoms with Gasteiger partial charge in [-0.15, -0.1) is 0 Å². The van der Waals surface area contributed by atoms with E-state index in [0.717, 1.165) is 0 Å². The Bertz CT molecular complexity index is 444. The molecule has 0 bridgehead atoms. The minimum Gasteiger partial charge on any atom is -0.480 e. The quantitative estimate of drug-likeness (QED) is 0.262. The molecule has 19 heavy (non-hydrogen) atoms. The van der Waals surface area contributed by atoms with Crippen LogP contribution in [0.25, 0.3) is 0 Å². The number of carbonyl (C=O) groups excluding carboxylic acids is 1. The van der Waals surface area contributed by atoms with Gasteiger partial charge in [0.2, 0.25) is 0 Å². The van der Waals surface area contributed by atoms with Gasteiger partial charge in [0, 0.05) is 6.54 Å². The van der Waals surface area contributed by atoms with Crippen LogP contribution in [0.5, 0.6) is 0 Å². The molecule has 0 aliphatic rings. The summed E-state index contributed by atoms with van der Waals surface area (Å²) in [5, 5.41) is 20.9. The van der Waals surface area contributed by atoms with E-state index in [2.05, 4.69) is 10.6 Å². The standard InChI is InChI=1S/C11H16N4O4/c12-11(13)14-5-1-3-7(10(17)18)15-9(16)8-4-2-6-19-8/h2,4,6-7H,1,3,5H2,(H,15,16)(H,17,18)(H4,12,13,14)/t7-/m0/s1. The van der Waals surface area contributed by atoms with Gasteiger partial charge >= 0.3 is 5.97 Å². The summed E-state index contributed by atoms with van der Waals surface area (Å²) in [6.45, 7) is 0.371. The number of hydrogen-bond donors (Lipinski definition) is 5. The van der Waals surface area contributed by atoms with Crippen LogP contribution in [0.15, 0.2) is 22.8 Å². The molecule has 1 heterocycles. The van der Waals surface area contributed by atoms with Crippen LogP contribution < -0.4 is 16.4 Å². The lowest BCUT2D eigenvalue weighted by molar-refractivity contribution is -0.139. The fraction of sp³-hybridized carbons (Fsp3) is 0.364. The van der Waals surface area contributed by atoms with Gasteiger partial charge in [-0.2, -0.15) is 0 Å². The molecular formula is C11H16N4O4. The van der Waals surface area contributed by atoms with E-state index < -0.39 is 17.9 Å². The van der Waals surface area contributed by atoms with Crippen molar-refractivity contribution in [3.05, 3.63) is 24.2 Å². The number of furan rings is 1. The van der Waals surface area contributed by atoms with Crippen LogP contribution in [0.3, 0.4) is 0 Å². The molecule has 1 amide bonds. The maximum atomic E-state index is 11.6. The lowest BCUT2D eigenvalue weighted by Crippen LogP contribution is -2.41. The first kappa shape index (κ1) is 14.6. The fourth-order valence-electron chi connectivity index (χ4n) is 1.42. The highest BCUT2D eigenvalue weighted by atomic mass is 16.4. The van der Waals surface area contributed by atoms with E-state index in [9.17, 15) is 9.59 Å². The molecule has 1 rings (SSSR count). The first-order valence-corrected chi connectivity index (χ1v) is 5.65. The number of hydrogen-bond acceptors (Lipinski definition) is 4. The molecule has 0 aliphatic carbocycles. The monoisotopic (exact) mass is 268 g/mol. The summed E-state index contributed by atoms with van der Waals surface area (Å²) in [5.74, 6) is -1.81. The second-order valence-corrected chi connectivity index (χ2v) is 3.82. The van der Waals surface area contributed by atoms with Crippen LogP contribution >= 0.6 is 0 Å². The zero-order valence-electron chi connectivity index (χ0n) is 10.2. The van der Waals surface area contributed by atoms with Crippen molar-refractivity contribution in [3.63, 3.8) is 0 Å². The molecule has 104 valence electrons. The van der Waals surface area contributed by atoms with Gasteiger partial charge in [0.25, 0.3) is 5.91 Å². The van der Waals surface area contributed by atoms with Gasteiger partial charge in [-0.3, -0.25) is 10.2 Å². The van der Waals surface area contributed by atoms with E-state index in [4.69, 9.17) is 20.7 Å². The van der Waals surface area contributed by atoms with E-state index in [1.54, 1.807) is 6.07 Å². The average molecular weight is 268 g/mol. The van der Waals surface area contributed by atoms with E-state index in [1.807, 2.05) is 0 Å². The van der Waals surface area contributed by atoms with Gasteiger partial charge in [-0.1, -0.05) is 0 Å². The molecule has 0 spiro atoms. The Morgan fingerprint density at radius 3 is 2.79 bits per heavy atom. The summed E-state index contributed by atoms with van der Waals surface area (Å²) < 4.78 is 4.87. The molecule has 1 aromatic rings. The maximum Gasteiger partial charge on any atom is 0.326 e. The van der Waals surface area contributed by atoms with Gasteiger partial charge in [-0.25, -0.2) is 4.79 Å². The molecule has 0 fully saturated rings. The molecule has 0 aliphatic heterocycles. The van der Waals surface area contributed by atoms with Crippen LogP contribution in [0.1, 0.15) is 23.4 Å². The SMILES string of the molecule is N=C(N)NCCC[C@H](NC(=O)c1ccco1)C(=O)O. The van der Waals surface area contributed by atoms with Gasteiger partial charge in [0.15, 0.2) is 11.7 Å². The largest absolute Gasteiger partial charge is 0.480 e. The number of nitrogens with one attached hydrogen (secondary N) is 3. The van der Waals surface area contributed by atoms with Crippen LogP contribution in [-0.4, -0.2) is 35.5 Å². The maximum absolute atomic E-state index is 11.6. The van der Waals surface area contributed by atoms with E-state index in [1.165, 1.54) is 12.3 Å². The van der Waals surface area contributed by atoms with Crippen molar-refractivity contribution in [2.75, 3.05) is 6.54 Å². The zero-order valence-corrected chi connectivity index (χ0v) is 10.2. The summed E-state index contributed by atoms with van der Waals surface area (Å²) >= 11 is 0. The Morgan fingerprint density at radius 1 is 1.53 bits per heavy atom. The summed E-state index contributed by atoms with van der Waals surface area (Å²) in [4.78, 5) is 22.6. The summed E-state index contributed by atoms with van der Waals surface area (Å²) in [6, 6.07) is 1.99. The molecule has 0 saturated carbocycles. The third kappa shape index (κ3) is 5.11. The van der Waals surface area contributed by atoms with E-state index in [-0.39, 0.29) is 18.1 Å². The van der Waals surface area contributed by atoms with E-state index in [0.29, 0.717) is 13.0 Å². The molecule has 8 nitrogen and oxygen atoms in total. The van der Waals surface area contributed by atoms with Crippen molar-refractivity contribution in [1.29, 1.82) is 5.41 Å². The Hall–Kier alpha value is -2.51. The van der Waals surface area contributed by atoms with Gasteiger partial charge in [-0.05, 0) is 25.0 Å². The second-order valence-electron chi connectivity index (χ2n) is 3.82. The van der Waals surface area contributed by atoms with Gasteiger partial charge < -0.3 is 25.9 Å². The second kappa shape index (κ2) is 7.04. The lowest BCUT2D eigenvalue weighted by atomic mass is 10.1. The minimum absolute atomic E-state index is 0.0631. The normalized spacial score (nSPS) is 11.6. The Labute approximate surface area is 109 Å². The topological polar surface area (TPSA) is 141 Å². The number of aliphatic carboxylic acids is 1. The summed E-state index contributed by atoms with van der Waals surface area (Å²) in [5.41, 5.74) is 5.09. The third-order valence-electron chi connectivity index (χ3n) is 2.33. The predicted molar refractivity (Wildman–Crippen MR) is 66.7 cm³/mol. The first-order valence-electron chi connectivity index (χ1n) is 5.65. The summed E-state index contributed by atoms with van der Waals surface area (Å²) in [6.07, 6.45) is 2.01. The molecule has 6 N–H and O–H groups in total. The highest BCUT2D eigenvalue weighted by Crippen LogP contribution is 2.03. The molecule has 0 radical (unpaired) electrons. The van der Waals surface area contributed by atoms with Crippen molar-refractivity contribution < 1.29 is 19.1 Å². The molecule has 0 unspecified atom stereocenters. The number of carbonyl (C=O) groups is 2. The molecule has 8 heteroatoms. The predicted octanol–water partition coefficient (Wildman–Crippen LogP) is -0.274. The van der Waals surface area contributed by atoms with Crippen LogP contribution in [0.4, 0.5) is 0 Å². The number of carboxylic acids is 1. The van der Waals surface area contributed by atoms with Crippen LogP contribution in [-0.2, 0) is 4.79 Å². The van der Waals surface area contributed by atoms with Crippen molar-refractivity contribution in [1.82, 2.24) is 10.6 Å². The number of rotatable bonds is 7. The van der Waals surface area contributed by atoms with Crippen molar-refractivity contribution >= 4 is 17.8 Å². The van der Waals surface area contributed by atoms with Gasteiger partial charge in [0.1, 0.15) is 6.04 Å². The highest BCUT2D eigenvalue weighted by Gasteiger charge is 2.21. The Balaban J connectivity index is 2.42. The molecule has 1 atom stereocenters. The zero-order chi connectivity index (χ0) is 14.3. The smallest absolute Gasteiger partial charge is 0.326 e. The number of guanidine groups is 1. The van der Waals surface area contributed by atoms with Crippen LogP contribution in [0.2, 0.25) is 0 Å². The Kier molecular flexibility index (Phi) is 5.39. The Morgan fingerprint density at radius 2 is 2.26 bits per heavy atom. The molecule has 1 aromatic heterocycles. The molecule has 0 aromatic carbocycles. The van der Waals surface area contributed by atoms with Crippen LogP contribution in [0, 0.1) is 5.41 Å². The molecule has 0 saturated heterocycles. The minimum atomic E-state index is -1.12. The third-order valence-corrected chi connectivity index (χ3v) is 2.33. The number of nitrogens with two attached hydrogens (primary N) is 1. The first-order chi connectivity index (χ1) is 9.00. The number of carboxylic acid groups (broad SMARTS) is 1. The highest BCUT2D eigenvalue weighted by molar-refractivity contribution is 5.94. The fourth-order valence-corrected chi connectivity index (χ4v) is 1.42.